The summed E-state index contributed by atoms with van der Waals surface area (Å²) in [5.41, 5.74) is 1.15. The van der Waals surface area contributed by atoms with E-state index in [9.17, 15) is 14.7 Å². The number of carbonyl (C=O) groups is 2. The molecule has 9 nitrogen and oxygen atoms in total. The lowest BCUT2D eigenvalue weighted by atomic mass is 9.99. The molecule has 0 unspecified atom stereocenters. The zero-order valence-corrected chi connectivity index (χ0v) is 16.5. The van der Waals surface area contributed by atoms with Gasteiger partial charge in [0.25, 0.3) is 5.91 Å². The average Bonchev–Trinajstić information content (AvgIpc) is 3.07. The van der Waals surface area contributed by atoms with Crippen LogP contribution < -0.4 is 10.1 Å². The molecule has 0 aliphatic rings. The fourth-order valence-corrected chi connectivity index (χ4v) is 2.52. The van der Waals surface area contributed by atoms with Crippen molar-refractivity contribution >= 4 is 11.9 Å². The third kappa shape index (κ3) is 5.29. The second kappa shape index (κ2) is 9.84. The number of aliphatic carboxylic acids is 1. The number of aryl methyl sites for hydroxylation is 1. The Kier molecular flexibility index (Phi) is 7.51. The van der Waals surface area contributed by atoms with Crippen molar-refractivity contribution in [2.45, 2.75) is 33.2 Å². The Morgan fingerprint density at radius 3 is 2.46 bits per heavy atom. The molecule has 0 aliphatic carbocycles. The number of nitrogens with zero attached hydrogens (tertiary/aromatic N) is 3. The van der Waals surface area contributed by atoms with Gasteiger partial charge < -0.3 is 19.9 Å². The summed E-state index contributed by atoms with van der Waals surface area (Å²) in [6, 6.07) is 6.09. The SMILES string of the molecule is CC[C@H](C)[C@H](NC(=O)c1nn(-c2ccc(OCCOC)cc2)nc1C)C(=O)O. The van der Waals surface area contributed by atoms with Gasteiger partial charge in [-0.2, -0.15) is 9.90 Å². The zero-order valence-electron chi connectivity index (χ0n) is 16.5. The topological polar surface area (TPSA) is 116 Å². The number of carboxylic acid groups (broad SMARTS) is 1. The lowest BCUT2D eigenvalue weighted by Gasteiger charge is -2.19. The molecule has 2 N–H and O–H groups in total. The van der Waals surface area contributed by atoms with Crippen molar-refractivity contribution in [1.29, 1.82) is 0 Å². The van der Waals surface area contributed by atoms with Crippen molar-refractivity contribution in [3.8, 4) is 11.4 Å². The summed E-state index contributed by atoms with van der Waals surface area (Å²) in [6.07, 6.45) is 0.627. The number of aromatic nitrogens is 3. The first-order chi connectivity index (χ1) is 13.4. The molecule has 1 amide bonds. The van der Waals surface area contributed by atoms with Crippen molar-refractivity contribution in [2.24, 2.45) is 5.92 Å². The van der Waals surface area contributed by atoms with Crippen LogP contribution >= 0.6 is 0 Å². The summed E-state index contributed by atoms with van der Waals surface area (Å²) < 4.78 is 10.4. The van der Waals surface area contributed by atoms with Crippen molar-refractivity contribution < 1.29 is 24.2 Å². The summed E-state index contributed by atoms with van der Waals surface area (Å²) in [6.45, 7) is 6.24. The predicted octanol–water partition coefficient (Wildman–Crippen LogP) is 1.83. The number of ether oxygens (including phenoxy) is 2. The van der Waals surface area contributed by atoms with E-state index in [1.54, 1.807) is 45.2 Å². The van der Waals surface area contributed by atoms with E-state index >= 15 is 0 Å². The smallest absolute Gasteiger partial charge is 0.326 e. The first kappa shape index (κ1) is 21.4. The molecule has 2 rings (SSSR count). The van der Waals surface area contributed by atoms with Gasteiger partial charge in [0.2, 0.25) is 0 Å². The lowest BCUT2D eigenvalue weighted by molar-refractivity contribution is -0.140. The average molecular weight is 390 g/mol. The summed E-state index contributed by atoms with van der Waals surface area (Å²) >= 11 is 0. The Balaban J connectivity index is 2.13. The van der Waals surface area contributed by atoms with Crippen molar-refractivity contribution in [2.75, 3.05) is 20.3 Å². The molecule has 28 heavy (non-hydrogen) atoms. The van der Waals surface area contributed by atoms with Gasteiger partial charge in [0.05, 0.1) is 18.0 Å². The molecule has 0 saturated heterocycles. The number of hydrogen-bond acceptors (Lipinski definition) is 6. The minimum absolute atomic E-state index is 0.0926. The highest BCUT2D eigenvalue weighted by Gasteiger charge is 2.27. The summed E-state index contributed by atoms with van der Waals surface area (Å²) in [5, 5.41) is 20.4. The summed E-state index contributed by atoms with van der Waals surface area (Å²) in [4.78, 5) is 25.3. The zero-order chi connectivity index (χ0) is 20.7. The molecule has 0 bridgehead atoms. The van der Waals surface area contributed by atoms with Gasteiger partial charge in [-0.05, 0) is 37.1 Å². The van der Waals surface area contributed by atoms with Gasteiger partial charge in [0, 0.05) is 7.11 Å². The fraction of sp³-hybridized carbons (Fsp3) is 0.474. The minimum atomic E-state index is -1.07. The fourth-order valence-electron chi connectivity index (χ4n) is 2.52. The van der Waals surface area contributed by atoms with Crippen LogP contribution in [0.15, 0.2) is 24.3 Å². The lowest BCUT2D eigenvalue weighted by Crippen LogP contribution is -2.45. The first-order valence-electron chi connectivity index (χ1n) is 9.07. The van der Waals surface area contributed by atoms with E-state index in [0.717, 1.165) is 0 Å². The van der Waals surface area contributed by atoms with Gasteiger partial charge in [-0.1, -0.05) is 20.3 Å². The van der Waals surface area contributed by atoms with E-state index in [2.05, 4.69) is 15.5 Å². The van der Waals surface area contributed by atoms with Crippen LogP contribution in [0.4, 0.5) is 0 Å². The summed E-state index contributed by atoms with van der Waals surface area (Å²) in [7, 11) is 1.60. The van der Waals surface area contributed by atoms with Crippen LogP contribution in [0.1, 0.15) is 36.5 Å². The van der Waals surface area contributed by atoms with Gasteiger partial charge in [-0.3, -0.25) is 4.79 Å². The van der Waals surface area contributed by atoms with Crippen LogP contribution in [0.2, 0.25) is 0 Å². The number of nitrogens with one attached hydrogen (secondary N) is 1. The maximum absolute atomic E-state index is 12.5. The second-order valence-corrected chi connectivity index (χ2v) is 6.43. The van der Waals surface area contributed by atoms with Crippen LogP contribution in [0, 0.1) is 12.8 Å². The Morgan fingerprint density at radius 1 is 1.21 bits per heavy atom. The molecule has 0 aliphatic heterocycles. The van der Waals surface area contributed by atoms with Gasteiger partial charge in [0.15, 0.2) is 5.69 Å². The highest BCUT2D eigenvalue weighted by atomic mass is 16.5. The van der Waals surface area contributed by atoms with Gasteiger partial charge in [-0.25, -0.2) is 4.79 Å². The Morgan fingerprint density at radius 2 is 1.89 bits per heavy atom. The highest BCUT2D eigenvalue weighted by Crippen LogP contribution is 2.16. The monoisotopic (exact) mass is 390 g/mol. The Labute approximate surface area is 163 Å². The van der Waals surface area contributed by atoms with Crippen LogP contribution in [0.5, 0.6) is 5.75 Å². The van der Waals surface area contributed by atoms with E-state index in [1.807, 2.05) is 6.92 Å². The molecule has 0 fully saturated rings. The van der Waals surface area contributed by atoms with Crippen LogP contribution in [0.25, 0.3) is 5.69 Å². The molecule has 2 atom stereocenters. The maximum Gasteiger partial charge on any atom is 0.326 e. The quantitative estimate of drug-likeness (QED) is 0.595. The summed E-state index contributed by atoms with van der Waals surface area (Å²) in [5.74, 6) is -1.16. The molecule has 1 aromatic heterocycles. The molecule has 1 heterocycles. The van der Waals surface area contributed by atoms with Crippen molar-refractivity contribution in [1.82, 2.24) is 20.3 Å². The molecule has 2 aromatic rings. The molecule has 0 saturated carbocycles. The number of rotatable bonds is 10. The number of amides is 1. The Hall–Kier alpha value is -2.94. The van der Waals surface area contributed by atoms with Crippen LogP contribution in [-0.4, -0.2) is 58.3 Å². The third-order valence-corrected chi connectivity index (χ3v) is 4.39. The van der Waals surface area contributed by atoms with E-state index < -0.39 is 17.9 Å². The molecule has 1 aromatic carbocycles. The van der Waals surface area contributed by atoms with Gasteiger partial charge >= 0.3 is 5.97 Å². The maximum atomic E-state index is 12.5. The molecular formula is C19H26N4O5. The number of carbonyl (C=O) groups excluding carboxylic acids is 1. The molecule has 0 radical (unpaired) electrons. The van der Waals surface area contributed by atoms with Crippen molar-refractivity contribution in [3.05, 3.63) is 35.7 Å². The van der Waals surface area contributed by atoms with E-state index in [0.29, 0.717) is 36.8 Å². The Bertz CT molecular complexity index is 803. The van der Waals surface area contributed by atoms with E-state index in [4.69, 9.17) is 9.47 Å². The third-order valence-electron chi connectivity index (χ3n) is 4.39. The highest BCUT2D eigenvalue weighted by molar-refractivity contribution is 5.95. The minimum Gasteiger partial charge on any atom is -0.491 e. The normalized spacial score (nSPS) is 13.0. The van der Waals surface area contributed by atoms with Crippen LogP contribution in [0.3, 0.4) is 0 Å². The van der Waals surface area contributed by atoms with Gasteiger partial charge in [-0.15, -0.1) is 5.10 Å². The molecule has 0 spiro atoms. The predicted molar refractivity (Wildman–Crippen MR) is 102 cm³/mol. The molecular weight excluding hydrogens is 364 g/mol. The van der Waals surface area contributed by atoms with Crippen LogP contribution in [-0.2, 0) is 9.53 Å². The van der Waals surface area contributed by atoms with E-state index in [1.165, 1.54) is 4.80 Å². The largest absolute Gasteiger partial charge is 0.491 e. The number of hydrogen-bond donors (Lipinski definition) is 2. The van der Waals surface area contributed by atoms with Crippen molar-refractivity contribution in [3.63, 3.8) is 0 Å². The number of carboxylic acids is 1. The second-order valence-electron chi connectivity index (χ2n) is 6.43. The standard InChI is InChI=1S/C19H26N4O5/c1-5-12(2)16(19(25)26)20-18(24)17-13(3)21-23(22-17)14-6-8-15(9-7-14)28-11-10-27-4/h6-9,12,16H,5,10-11H2,1-4H3,(H,20,24)(H,25,26)/t12-,16-/m0/s1. The number of methoxy groups -OCH3 is 1. The van der Waals surface area contributed by atoms with E-state index in [-0.39, 0.29) is 11.6 Å². The molecule has 9 heteroatoms. The number of benzene rings is 1. The van der Waals surface area contributed by atoms with Gasteiger partial charge in [0.1, 0.15) is 18.4 Å². The molecule has 152 valence electrons. The first-order valence-corrected chi connectivity index (χ1v) is 9.07.